The highest BCUT2D eigenvalue weighted by Crippen LogP contribution is 2.32. The second-order valence-electron chi connectivity index (χ2n) is 7.80. The molecule has 0 saturated heterocycles. The van der Waals surface area contributed by atoms with Crippen LogP contribution in [0, 0.1) is 5.41 Å². The molecule has 0 radical (unpaired) electrons. The molecule has 1 aromatic carbocycles. The van der Waals surface area contributed by atoms with Crippen LogP contribution in [0.15, 0.2) is 18.2 Å². The molecule has 0 atom stereocenters. The Morgan fingerprint density at radius 3 is 2.52 bits per heavy atom. The second-order valence-corrected chi connectivity index (χ2v) is 7.80. The van der Waals surface area contributed by atoms with Crippen molar-refractivity contribution < 1.29 is 19.1 Å². The number of nitrogens with zero attached hydrogens (tertiary/aromatic N) is 1. The number of benzene rings is 1. The van der Waals surface area contributed by atoms with Gasteiger partial charge in [-0.1, -0.05) is 39.5 Å². The summed E-state index contributed by atoms with van der Waals surface area (Å²) in [6.07, 6.45) is 8.59. The van der Waals surface area contributed by atoms with Gasteiger partial charge in [0, 0.05) is 24.7 Å². The minimum absolute atomic E-state index is 0.164. The molecule has 172 valence electrons. The van der Waals surface area contributed by atoms with Crippen molar-refractivity contribution in [3.05, 3.63) is 23.8 Å². The molecule has 2 rings (SSSR count). The zero-order valence-electron chi connectivity index (χ0n) is 18.7. The highest BCUT2D eigenvalue weighted by Gasteiger charge is 2.16. The van der Waals surface area contributed by atoms with Crippen molar-refractivity contribution in [3.63, 3.8) is 0 Å². The lowest BCUT2D eigenvalue weighted by atomic mass is 10.0. The highest BCUT2D eigenvalue weighted by molar-refractivity contribution is 5.94. The minimum atomic E-state index is -0.172. The van der Waals surface area contributed by atoms with E-state index in [1.807, 2.05) is 0 Å². The molecule has 1 aromatic rings. The molecular weight excluding hydrogens is 396 g/mol. The summed E-state index contributed by atoms with van der Waals surface area (Å²) in [5, 5.41) is 14.4. The molecule has 0 unspecified atom stereocenters. The summed E-state index contributed by atoms with van der Waals surface area (Å²) < 4.78 is 10.5. The lowest BCUT2D eigenvalue weighted by Crippen LogP contribution is -2.45. The molecule has 1 aliphatic rings. The zero-order valence-corrected chi connectivity index (χ0v) is 18.7. The van der Waals surface area contributed by atoms with Crippen LogP contribution in [0.1, 0.15) is 75.6 Å². The zero-order chi connectivity index (χ0) is 22.5. The van der Waals surface area contributed by atoms with Crippen molar-refractivity contribution in [3.8, 4) is 11.5 Å². The molecule has 8 nitrogen and oxygen atoms in total. The molecule has 0 aromatic heterocycles. The van der Waals surface area contributed by atoms with Gasteiger partial charge in [-0.25, -0.2) is 0 Å². The smallest absolute Gasteiger partial charge is 0.251 e. The molecule has 0 saturated carbocycles. The summed E-state index contributed by atoms with van der Waals surface area (Å²) in [5.74, 6) is 1.22. The van der Waals surface area contributed by atoms with Gasteiger partial charge >= 0.3 is 0 Å². The number of carbonyl (C=O) groups excluding carboxylic acids is 2. The van der Waals surface area contributed by atoms with E-state index in [9.17, 15) is 9.59 Å². The molecular formula is C23H36N4O4. The average Bonchev–Trinajstić information content (AvgIpc) is 3.25. The van der Waals surface area contributed by atoms with Gasteiger partial charge in [-0.3, -0.25) is 19.9 Å². The monoisotopic (exact) mass is 432 g/mol. The van der Waals surface area contributed by atoms with E-state index in [-0.39, 0.29) is 24.7 Å². The van der Waals surface area contributed by atoms with Crippen molar-refractivity contribution in [2.45, 2.75) is 71.3 Å². The lowest BCUT2D eigenvalue weighted by Gasteiger charge is -2.25. The van der Waals surface area contributed by atoms with E-state index < -0.39 is 0 Å². The maximum atomic E-state index is 12.3. The van der Waals surface area contributed by atoms with Crippen LogP contribution in [-0.4, -0.2) is 49.1 Å². The molecule has 0 spiro atoms. The summed E-state index contributed by atoms with van der Waals surface area (Å²) in [6, 6.07) is 5.34. The summed E-state index contributed by atoms with van der Waals surface area (Å²) in [6.45, 7) is 5.44. The first-order chi connectivity index (χ1) is 15.1. The number of nitrogens with one attached hydrogen (secondary N) is 3. The Balaban J connectivity index is 1.69. The van der Waals surface area contributed by atoms with Crippen LogP contribution in [-0.2, 0) is 4.79 Å². The van der Waals surface area contributed by atoms with E-state index in [2.05, 4.69) is 24.5 Å². The van der Waals surface area contributed by atoms with Crippen molar-refractivity contribution in [2.24, 2.45) is 0 Å². The van der Waals surface area contributed by atoms with Gasteiger partial charge in [0.15, 0.2) is 17.5 Å². The second kappa shape index (κ2) is 13.5. The van der Waals surface area contributed by atoms with Crippen molar-refractivity contribution in [1.82, 2.24) is 15.5 Å². The predicted octanol–water partition coefficient (Wildman–Crippen LogP) is 3.66. The number of unbranched alkanes of at least 4 members (excludes halogenated alkanes) is 3. The number of hydrogen-bond acceptors (Lipinski definition) is 5. The first-order valence-corrected chi connectivity index (χ1v) is 11.3. The van der Waals surface area contributed by atoms with Gasteiger partial charge in [0.2, 0.25) is 13.2 Å². The lowest BCUT2D eigenvalue weighted by molar-refractivity contribution is -0.115. The van der Waals surface area contributed by atoms with E-state index >= 15 is 0 Å². The summed E-state index contributed by atoms with van der Waals surface area (Å²) >= 11 is 0. The Bertz CT molecular complexity index is 718. The first kappa shape index (κ1) is 24.5. The number of carbonyl (C=O) groups is 2. The minimum Gasteiger partial charge on any atom is -0.454 e. The van der Waals surface area contributed by atoms with Crippen molar-refractivity contribution in [1.29, 1.82) is 5.41 Å². The number of rotatable bonds is 14. The standard InChI is InChI=1S/C23H36N4O4/c1-3-5-9-19(10-6-4-2)26-23(24)27(16-28)14-8-7-13-25-22(29)18-11-12-20-21(15-18)31-17-30-20/h11-12,15-16,19H,3-10,13-14,17H2,1-2H3,(H2,24,26)(H,25,29). The van der Waals surface area contributed by atoms with Gasteiger partial charge in [0.05, 0.1) is 0 Å². The number of guanidine groups is 1. The molecule has 1 aliphatic heterocycles. The molecule has 2 amide bonds. The van der Waals surface area contributed by atoms with Crippen LogP contribution < -0.4 is 20.1 Å². The van der Waals surface area contributed by atoms with Crippen molar-refractivity contribution >= 4 is 18.3 Å². The Kier molecular flexibility index (Phi) is 10.7. The number of ether oxygens (including phenoxy) is 2. The van der Waals surface area contributed by atoms with Gasteiger partial charge in [0.25, 0.3) is 5.91 Å². The third kappa shape index (κ3) is 8.11. The largest absolute Gasteiger partial charge is 0.454 e. The Hall–Kier alpha value is -2.77. The SMILES string of the molecule is CCCCC(CCCC)NC(=N)N(C=O)CCCCNC(=O)c1ccc2c(c1)OCO2. The summed E-state index contributed by atoms with van der Waals surface area (Å²) in [4.78, 5) is 25.1. The third-order valence-corrected chi connectivity index (χ3v) is 5.31. The van der Waals surface area contributed by atoms with Crippen molar-refractivity contribution in [2.75, 3.05) is 19.9 Å². The maximum Gasteiger partial charge on any atom is 0.251 e. The maximum absolute atomic E-state index is 12.3. The van der Waals surface area contributed by atoms with Gasteiger partial charge in [0.1, 0.15) is 0 Å². The highest BCUT2D eigenvalue weighted by atomic mass is 16.7. The van der Waals surface area contributed by atoms with Crippen LogP contribution in [0.5, 0.6) is 11.5 Å². The van der Waals surface area contributed by atoms with E-state index in [4.69, 9.17) is 14.9 Å². The molecule has 3 N–H and O–H groups in total. The molecule has 0 fully saturated rings. The predicted molar refractivity (Wildman–Crippen MR) is 121 cm³/mol. The topological polar surface area (TPSA) is 104 Å². The summed E-state index contributed by atoms with van der Waals surface area (Å²) in [5.41, 5.74) is 0.523. The first-order valence-electron chi connectivity index (χ1n) is 11.3. The number of amides is 2. The molecule has 0 aliphatic carbocycles. The normalized spacial score (nSPS) is 12.0. The van der Waals surface area contributed by atoms with Gasteiger partial charge in [-0.15, -0.1) is 0 Å². The molecule has 8 heteroatoms. The molecule has 31 heavy (non-hydrogen) atoms. The van der Waals surface area contributed by atoms with Crippen LogP contribution in [0.4, 0.5) is 0 Å². The van der Waals surface area contributed by atoms with Gasteiger partial charge in [-0.05, 0) is 43.9 Å². The average molecular weight is 433 g/mol. The quantitative estimate of drug-likeness (QED) is 0.180. The van der Waals surface area contributed by atoms with Gasteiger partial charge in [-0.2, -0.15) is 0 Å². The van der Waals surface area contributed by atoms with Crippen LogP contribution in [0.3, 0.4) is 0 Å². The van der Waals surface area contributed by atoms with Crippen LogP contribution >= 0.6 is 0 Å². The fourth-order valence-corrected chi connectivity index (χ4v) is 3.43. The van der Waals surface area contributed by atoms with Gasteiger partial charge < -0.3 is 20.1 Å². The van der Waals surface area contributed by atoms with E-state index in [1.54, 1.807) is 18.2 Å². The Morgan fingerprint density at radius 2 is 1.84 bits per heavy atom. The van der Waals surface area contributed by atoms with E-state index in [1.165, 1.54) is 4.90 Å². The molecule has 0 bridgehead atoms. The van der Waals surface area contributed by atoms with E-state index in [0.717, 1.165) is 38.5 Å². The fourth-order valence-electron chi connectivity index (χ4n) is 3.43. The Labute approximate surface area is 185 Å². The third-order valence-electron chi connectivity index (χ3n) is 5.31. The molecule has 1 heterocycles. The number of hydrogen-bond donors (Lipinski definition) is 3. The van der Waals surface area contributed by atoms with Crippen LogP contribution in [0.2, 0.25) is 0 Å². The summed E-state index contributed by atoms with van der Waals surface area (Å²) in [7, 11) is 0. The van der Waals surface area contributed by atoms with Crippen LogP contribution in [0.25, 0.3) is 0 Å². The van der Waals surface area contributed by atoms with E-state index in [0.29, 0.717) is 49.4 Å². The fraction of sp³-hybridized carbons (Fsp3) is 0.609. The Morgan fingerprint density at radius 1 is 1.13 bits per heavy atom. The number of fused-ring (bicyclic) bond motifs is 1.